The van der Waals surface area contributed by atoms with Crippen LogP contribution >= 0.6 is 11.3 Å². The van der Waals surface area contributed by atoms with Gasteiger partial charge < -0.3 is 10.6 Å². The lowest BCUT2D eigenvalue weighted by Gasteiger charge is -2.41. The molecule has 2 heterocycles. The fourth-order valence-corrected chi connectivity index (χ4v) is 4.12. The van der Waals surface area contributed by atoms with Gasteiger partial charge in [-0.25, -0.2) is 4.39 Å². The first-order valence-corrected chi connectivity index (χ1v) is 8.56. The lowest BCUT2D eigenvalue weighted by Crippen LogP contribution is -2.50. The zero-order valence-corrected chi connectivity index (χ0v) is 13.6. The number of piperazine rings is 1. The number of thiophene rings is 1. The second-order valence-electron chi connectivity index (χ2n) is 5.82. The van der Waals surface area contributed by atoms with Crippen LogP contribution in [0.5, 0.6) is 0 Å². The van der Waals surface area contributed by atoms with Crippen molar-refractivity contribution in [2.45, 2.75) is 19.0 Å². The first-order chi connectivity index (χ1) is 10.6. The minimum Gasteiger partial charge on any atom is -0.369 e. The molecular weight excluding hydrogens is 297 g/mol. The van der Waals surface area contributed by atoms with Crippen LogP contribution in [0, 0.1) is 5.82 Å². The summed E-state index contributed by atoms with van der Waals surface area (Å²) < 4.78 is 13.0. The fraction of sp³-hybridized carbons (Fsp3) is 0.412. The standard InChI is InChI=1S/C17H22FN3S/c1-13(19)17(16-3-2-12-22-16)21-10-8-20(9-11-21)15-6-4-14(18)5-7-15/h2-7,12-13,17H,8-11,19H2,1H3/t13-,17+/m1/s1. The molecule has 0 unspecified atom stereocenters. The highest BCUT2D eigenvalue weighted by Crippen LogP contribution is 2.29. The van der Waals surface area contributed by atoms with Gasteiger partial charge in [-0.15, -0.1) is 11.3 Å². The Morgan fingerprint density at radius 2 is 1.77 bits per heavy atom. The lowest BCUT2D eigenvalue weighted by atomic mass is 10.1. The number of hydrogen-bond donors (Lipinski definition) is 1. The van der Waals surface area contributed by atoms with Crippen LogP contribution in [0.3, 0.4) is 0 Å². The maximum atomic E-state index is 13.0. The summed E-state index contributed by atoms with van der Waals surface area (Å²) in [6.07, 6.45) is 0. The van der Waals surface area contributed by atoms with E-state index in [1.807, 2.05) is 12.1 Å². The molecule has 3 nitrogen and oxygen atoms in total. The molecule has 1 aromatic carbocycles. The molecule has 0 saturated carbocycles. The summed E-state index contributed by atoms with van der Waals surface area (Å²) in [5.41, 5.74) is 7.32. The Morgan fingerprint density at radius 1 is 1.09 bits per heavy atom. The maximum absolute atomic E-state index is 13.0. The molecule has 118 valence electrons. The Kier molecular flexibility index (Phi) is 4.76. The monoisotopic (exact) mass is 319 g/mol. The van der Waals surface area contributed by atoms with Gasteiger partial charge in [0.15, 0.2) is 0 Å². The molecule has 5 heteroatoms. The number of hydrogen-bond acceptors (Lipinski definition) is 4. The molecule has 0 amide bonds. The number of nitrogens with zero attached hydrogens (tertiary/aromatic N) is 2. The van der Waals surface area contributed by atoms with Gasteiger partial charge in [0.05, 0.1) is 6.04 Å². The summed E-state index contributed by atoms with van der Waals surface area (Å²) >= 11 is 1.77. The number of anilines is 1. The normalized spacial score (nSPS) is 19.1. The van der Waals surface area contributed by atoms with Gasteiger partial charge in [0, 0.05) is 42.8 Å². The van der Waals surface area contributed by atoms with Crippen LogP contribution < -0.4 is 10.6 Å². The van der Waals surface area contributed by atoms with Gasteiger partial charge in [-0.3, -0.25) is 4.90 Å². The first-order valence-electron chi connectivity index (χ1n) is 7.68. The third kappa shape index (κ3) is 3.32. The highest BCUT2D eigenvalue weighted by Gasteiger charge is 2.28. The molecule has 0 spiro atoms. The minimum absolute atomic E-state index is 0.107. The van der Waals surface area contributed by atoms with Crippen LogP contribution in [0.15, 0.2) is 41.8 Å². The van der Waals surface area contributed by atoms with Gasteiger partial charge in [-0.05, 0) is 42.6 Å². The summed E-state index contributed by atoms with van der Waals surface area (Å²) in [5, 5.41) is 2.11. The van der Waals surface area contributed by atoms with Crippen molar-refractivity contribution < 1.29 is 4.39 Å². The van der Waals surface area contributed by atoms with Gasteiger partial charge in [0.2, 0.25) is 0 Å². The predicted molar refractivity (Wildman–Crippen MR) is 90.9 cm³/mol. The van der Waals surface area contributed by atoms with E-state index in [2.05, 4.69) is 34.2 Å². The van der Waals surface area contributed by atoms with E-state index >= 15 is 0 Å². The Morgan fingerprint density at radius 3 is 2.32 bits per heavy atom. The summed E-state index contributed by atoms with van der Waals surface area (Å²) in [7, 11) is 0. The van der Waals surface area contributed by atoms with E-state index in [-0.39, 0.29) is 17.9 Å². The quantitative estimate of drug-likeness (QED) is 0.940. The number of nitrogens with two attached hydrogens (primary N) is 1. The maximum Gasteiger partial charge on any atom is 0.123 e. The van der Waals surface area contributed by atoms with E-state index in [9.17, 15) is 4.39 Å². The van der Waals surface area contributed by atoms with E-state index < -0.39 is 0 Å². The van der Waals surface area contributed by atoms with Crippen molar-refractivity contribution in [2.24, 2.45) is 5.73 Å². The Bertz CT molecular complexity index is 574. The molecule has 0 aliphatic carbocycles. The van der Waals surface area contributed by atoms with Crippen molar-refractivity contribution in [3.8, 4) is 0 Å². The average molecular weight is 319 g/mol. The van der Waals surface area contributed by atoms with Crippen molar-refractivity contribution in [3.05, 3.63) is 52.5 Å². The molecule has 2 N–H and O–H groups in total. The first kappa shape index (κ1) is 15.5. The van der Waals surface area contributed by atoms with Crippen LogP contribution in [-0.2, 0) is 0 Å². The van der Waals surface area contributed by atoms with Gasteiger partial charge >= 0.3 is 0 Å². The summed E-state index contributed by atoms with van der Waals surface area (Å²) in [6, 6.07) is 11.4. The summed E-state index contributed by atoms with van der Waals surface area (Å²) in [6.45, 7) is 5.92. The predicted octanol–water partition coefficient (Wildman–Crippen LogP) is 3.10. The molecule has 0 radical (unpaired) electrons. The van der Waals surface area contributed by atoms with E-state index in [0.29, 0.717) is 0 Å². The summed E-state index contributed by atoms with van der Waals surface area (Å²) in [4.78, 5) is 6.12. The molecule has 3 rings (SSSR count). The third-order valence-corrected chi connectivity index (χ3v) is 5.18. The second-order valence-corrected chi connectivity index (χ2v) is 6.80. The number of rotatable bonds is 4. The van der Waals surface area contributed by atoms with Gasteiger partial charge in [-0.2, -0.15) is 0 Å². The third-order valence-electron chi connectivity index (χ3n) is 4.23. The van der Waals surface area contributed by atoms with E-state index in [1.165, 1.54) is 17.0 Å². The number of benzene rings is 1. The molecule has 2 aromatic rings. The topological polar surface area (TPSA) is 32.5 Å². The highest BCUT2D eigenvalue weighted by molar-refractivity contribution is 7.10. The van der Waals surface area contributed by atoms with Crippen molar-refractivity contribution >= 4 is 17.0 Å². The van der Waals surface area contributed by atoms with E-state index in [1.54, 1.807) is 11.3 Å². The number of halogens is 1. The highest BCUT2D eigenvalue weighted by atomic mass is 32.1. The van der Waals surface area contributed by atoms with Crippen molar-refractivity contribution in [3.63, 3.8) is 0 Å². The molecule has 0 bridgehead atoms. The van der Waals surface area contributed by atoms with Gasteiger partial charge in [-0.1, -0.05) is 6.07 Å². The van der Waals surface area contributed by atoms with Crippen LogP contribution in [0.25, 0.3) is 0 Å². The van der Waals surface area contributed by atoms with Crippen LogP contribution in [0.1, 0.15) is 17.8 Å². The molecular formula is C17H22FN3S. The minimum atomic E-state index is -0.183. The molecule has 1 aromatic heterocycles. The largest absolute Gasteiger partial charge is 0.369 e. The van der Waals surface area contributed by atoms with Crippen molar-refractivity contribution in [1.29, 1.82) is 0 Å². The second kappa shape index (κ2) is 6.77. The van der Waals surface area contributed by atoms with E-state index in [0.717, 1.165) is 31.9 Å². The van der Waals surface area contributed by atoms with Crippen LogP contribution in [-0.4, -0.2) is 37.1 Å². The van der Waals surface area contributed by atoms with Gasteiger partial charge in [0.1, 0.15) is 5.82 Å². The molecule has 1 aliphatic rings. The molecule has 1 fully saturated rings. The summed E-state index contributed by atoms with van der Waals surface area (Å²) in [5.74, 6) is -0.183. The zero-order valence-electron chi connectivity index (χ0n) is 12.8. The molecule has 22 heavy (non-hydrogen) atoms. The van der Waals surface area contributed by atoms with Crippen molar-refractivity contribution in [2.75, 3.05) is 31.1 Å². The van der Waals surface area contributed by atoms with Crippen LogP contribution in [0.4, 0.5) is 10.1 Å². The molecule has 1 aliphatic heterocycles. The lowest BCUT2D eigenvalue weighted by molar-refractivity contribution is 0.169. The smallest absolute Gasteiger partial charge is 0.123 e. The average Bonchev–Trinajstić information content (AvgIpc) is 3.03. The Hall–Kier alpha value is -1.43. The van der Waals surface area contributed by atoms with Gasteiger partial charge in [0.25, 0.3) is 0 Å². The van der Waals surface area contributed by atoms with Crippen molar-refractivity contribution in [1.82, 2.24) is 4.90 Å². The molecule has 2 atom stereocenters. The van der Waals surface area contributed by atoms with E-state index in [4.69, 9.17) is 5.73 Å². The van der Waals surface area contributed by atoms with Crippen LogP contribution in [0.2, 0.25) is 0 Å². The SMILES string of the molecule is C[C@@H](N)[C@@H](c1cccs1)N1CCN(c2ccc(F)cc2)CC1. The molecule has 1 saturated heterocycles. The zero-order chi connectivity index (χ0) is 15.5. The Balaban J connectivity index is 1.66. The fourth-order valence-electron chi connectivity index (χ4n) is 3.14. The Labute approximate surface area is 135 Å².